The summed E-state index contributed by atoms with van der Waals surface area (Å²) < 4.78 is 4.74. The van der Waals surface area contributed by atoms with Crippen LogP contribution in [0.3, 0.4) is 0 Å². The smallest absolute Gasteiger partial charge is 0.326 e. The summed E-state index contributed by atoms with van der Waals surface area (Å²) in [5.41, 5.74) is 0. The summed E-state index contributed by atoms with van der Waals surface area (Å²) in [6, 6.07) is -1.55. The zero-order valence-corrected chi connectivity index (χ0v) is 11.4. The topological polar surface area (TPSA) is 116 Å². The van der Waals surface area contributed by atoms with Gasteiger partial charge in [-0.25, -0.2) is 9.59 Å². The highest BCUT2D eigenvalue weighted by molar-refractivity contribution is 5.83. The molecule has 8 heteroatoms. The van der Waals surface area contributed by atoms with E-state index in [-0.39, 0.29) is 31.9 Å². The molecule has 1 saturated heterocycles. The van der Waals surface area contributed by atoms with Crippen LogP contribution in [0.25, 0.3) is 0 Å². The summed E-state index contributed by atoms with van der Waals surface area (Å²) in [7, 11) is 0. The number of carbonyl (C=O) groups is 3. The number of esters is 1. The van der Waals surface area contributed by atoms with Crippen molar-refractivity contribution in [3.8, 4) is 0 Å². The minimum atomic E-state index is -1.14. The number of hydrogen-bond donors (Lipinski definition) is 3. The van der Waals surface area contributed by atoms with E-state index in [1.54, 1.807) is 6.92 Å². The number of amides is 2. The lowest BCUT2D eigenvalue weighted by atomic mass is 10.2. The fourth-order valence-corrected chi connectivity index (χ4v) is 2.04. The molecule has 0 aromatic carbocycles. The molecule has 1 rings (SSSR count). The van der Waals surface area contributed by atoms with Crippen molar-refractivity contribution in [2.24, 2.45) is 0 Å². The van der Waals surface area contributed by atoms with Gasteiger partial charge in [-0.2, -0.15) is 0 Å². The summed E-state index contributed by atoms with van der Waals surface area (Å²) in [5, 5.41) is 20.9. The van der Waals surface area contributed by atoms with Gasteiger partial charge in [0.15, 0.2) is 0 Å². The van der Waals surface area contributed by atoms with Crippen LogP contribution in [-0.2, 0) is 14.3 Å². The summed E-state index contributed by atoms with van der Waals surface area (Å²) in [6.45, 7) is 2.28. The maximum Gasteiger partial charge on any atom is 0.326 e. The van der Waals surface area contributed by atoms with Crippen LogP contribution in [0.2, 0.25) is 0 Å². The van der Waals surface area contributed by atoms with E-state index in [4.69, 9.17) is 9.84 Å². The van der Waals surface area contributed by atoms with Crippen molar-refractivity contribution in [2.75, 3.05) is 19.7 Å². The number of aliphatic hydroxyl groups is 1. The Hall–Kier alpha value is -1.83. The van der Waals surface area contributed by atoms with E-state index in [0.717, 1.165) is 4.90 Å². The summed E-state index contributed by atoms with van der Waals surface area (Å²) in [5.74, 6) is -1.47. The molecule has 8 nitrogen and oxygen atoms in total. The summed E-state index contributed by atoms with van der Waals surface area (Å²) in [4.78, 5) is 34.9. The van der Waals surface area contributed by atoms with Crippen LogP contribution >= 0.6 is 0 Å². The Morgan fingerprint density at radius 2 is 2.10 bits per heavy atom. The second kappa shape index (κ2) is 7.68. The molecular weight excluding hydrogens is 268 g/mol. The third kappa shape index (κ3) is 4.69. The van der Waals surface area contributed by atoms with Gasteiger partial charge in [-0.1, -0.05) is 0 Å². The van der Waals surface area contributed by atoms with E-state index < -0.39 is 24.1 Å². The van der Waals surface area contributed by atoms with E-state index in [9.17, 15) is 19.5 Å². The number of aliphatic carboxylic acids is 1. The molecule has 0 radical (unpaired) electrons. The predicted molar refractivity (Wildman–Crippen MR) is 68.0 cm³/mol. The Kier molecular flexibility index (Phi) is 6.23. The number of nitrogens with one attached hydrogen (secondary N) is 1. The van der Waals surface area contributed by atoms with Crippen LogP contribution in [0.15, 0.2) is 0 Å². The van der Waals surface area contributed by atoms with E-state index in [1.165, 1.54) is 0 Å². The normalized spacial score (nSPS) is 21.6. The van der Waals surface area contributed by atoms with E-state index >= 15 is 0 Å². The third-order valence-electron chi connectivity index (χ3n) is 2.96. The highest BCUT2D eigenvalue weighted by Gasteiger charge is 2.38. The first-order valence-electron chi connectivity index (χ1n) is 6.56. The molecule has 0 aliphatic carbocycles. The van der Waals surface area contributed by atoms with E-state index in [1.807, 2.05) is 0 Å². The van der Waals surface area contributed by atoms with Gasteiger partial charge in [0.1, 0.15) is 6.04 Å². The van der Waals surface area contributed by atoms with Crippen molar-refractivity contribution < 1.29 is 29.3 Å². The number of likely N-dealkylation sites (tertiary alicyclic amines) is 1. The molecule has 1 aliphatic heterocycles. The maximum absolute atomic E-state index is 11.8. The van der Waals surface area contributed by atoms with Gasteiger partial charge in [-0.15, -0.1) is 0 Å². The van der Waals surface area contributed by atoms with Gasteiger partial charge < -0.3 is 25.2 Å². The van der Waals surface area contributed by atoms with Gasteiger partial charge in [0, 0.05) is 25.9 Å². The number of nitrogens with zero attached hydrogens (tertiary/aromatic N) is 1. The van der Waals surface area contributed by atoms with Crippen molar-refractivity contribution in [3.63, 3.8) is 0 Å². The first-order valence-corrected chi connectivity index (χ1v) is 6.56. The second-order valence-electron chi connectivity index (χ2n) is 4.54. The molecule has 1 aliphatic rings. The molecule has 0 aromatic heterocycles. The fourth-order valence-electron chi connectivity index (χ4n) is 2.04. The number of hydrogen-bond acceptors (Lipinski definition) is 5. The number of carboxylic acids is 1. The molecule has 1 heterocycles. The van der Waals surface area contributed by atoms with Crippen LogP contribution in [0.1, 0.15) is 26.2 Å². The molecule has 20 heavy (non-hydrogen) atoms. The first kappa shape index (κ1) is 16.2. The number of urea groups is 1. The molecule has 3 N–H and O–H groups in total. The van der Waals surface area contributed by atoms with Gasteiger partial charge in [0.2, 0.25) is 0 Å². The zero-order chi connectivity index (χ0) is 15.1. The Morgan fingerprint density at radius 3 is 2.70 bits per heavy atom. The van der Waals surface area contributed by atoms with Crippen LogP contribution in [0, 0.1) is 0 Å². The van der Waals surface area contributed by atoms with E-state index in [2.05, 4.69) is 5.32 Å². The Morgan fingerprint density at radius 1 is 1.40 bits per heavy atom. The minimum absolute atomic E-state index is 0.000671. The molecule has 2 atom stereocenters. The number of carbonyl (C=O) groups excluding carboxylic acids is 2. The number of β-amino-alcohol motifs (C(OH)–C–C–N with tert-alkyl or cyclic N) is 1. The van der Waals surface area contributed by atoms with Gasteiger partial charge in [-0.3, -0.25) is 4.79 Å². The van der Waals surface area contributed by atoms with Crippen molar-refractivity contribution in [2.45, 2.75) is 38.3 Å². The van der Waals surface area contributed by atoms with Crippen LogP contribution in [-0.4, -0.2) is 64.9 Å². The molecular formula is C12H20N2O6. The molecule has 0 saturated carbocycles. The van der Waals surface area contributed by atoms with Gasteiger partial charge in [-0.05, 0) is 13.3 Å². The third-order valence-corrected chi connectivity index (χ3v) is 2.96. The standard InChI is InChI=1S/C12H20N2O6/c1-2-20-10(16)4-3-5-13-12(19)14-7-8(15)6-9(14)11(17)18/h8-9,15H,2-7H2,1H3,(H,13,19)(H,17,18). The predicted octanol–water partition coefficient (Wildman–Crippen LogP) is -0.441. The fraction of sp³-hybridized carbons (Fsp3) is 0.750. The zero-order valence-electron chi connectivity index (χ0n) is 11.4. The number of carboxylic acid groups (broad SMARTS) is 1. The van der Waals surface area contributed by atoms with Gasteiger partial charge in [0.25, 0.3) is 0 Å². The van der Waals surface area contributed by atoms with Crippen molar-refractivity contribution in [3.05, 3.63) is 0 Å². The van der Waals surface area contributed by atoms with Crippen LogP contribution in [0.4, 0.5) is 4.79 Å². The van der Waals surface area contributed by atoms with E-state index in [0.29, 0.717) is 13.0 Å². The van der Waals surface area contributed by atoms with Crippen LogP contribution < -0.4 is 5.32 Å². The largest absolute Gasteiger partial charge is 0.480 e. The quantitative estimate of drug-likeness (QED) is 0.450. The second-order valence-corrected chi connectivity index (χ2v) is 4.54. The Labute approximate surface area is 116 Å². The Balaban J connectivity index is 2.31. The summed E-state index contributed by atoms with van der Waals surface area (Å²) in [6.07, 6.45) is -0.176. The summed E-state index contributed by atoms with van der Waals surface area (Å²) >= 11 is 0. The lowest BCUT2D eigenvalue weighted by Gasteiger charge is -2.21. The van der Waals surface area contributed by atoms with Crippen molar-refractivity contribution in [1.29, 1.82) is 0 Å². The monoisotopic (exact) mass is 288 g/mol. The average molecular weight is 288 g/mol. The number of ether oxygens (including phenoxy) is 1. The average Bonchev–Trinajstić information content (AvgIpc) is 2.77. The molecule has 2 unspecified atom stereocenters. The SMILES string of the molecule is CCOC(=O)CCCNC(=O)N1CC(O)CC1C(=O)O. The first-order chi connectivity index (χ1) is 9.45. The lowest BCUT2D eigenvalue weighted by molar-refractivity contribution is -0.143. The molecule has 0 aromatic rings. The Bertz CT molecular complexity index is 373. The molecule has 2 amide bonds. The van der Waals surface area contributed by atoms with Crippen LogP contribution in [0.5, 0.6) is 0 Å². The molecule has 114 valence electrons. The highest BCUT2D eigenvalue weighted by Crippen LogP contribution is 2.17. The number of rotatable bonds is 6. The highest BCUT2D eigenvalue weighted by atomic mass is 16.5. The van der Waals surface area contributed by atoms with Gasteiger partial charge in [0.05, 0.1) is 12.7 Å². The molecule has 0 spiro atoms. The van der Waals surface area contributed by atoms with Crippen molar-refractivity contribution >= 4 is 18.0 Å². The maximum atomic E-state index is 11.8. The molecule has 1 fully saturated rings. The number of aliphatic hydroxyl groups excluding tert-OH is 1. The lowest BCUT2D eigenvalue weighted by Crippen LogP contribution is -2.46. The van der Waals surface area contributed by atoms with Gasteiger partial charge >= 0.3 is 18.0 Å². The molecule has 0 bridgehead atoms. The minimum Gasteiger partial charge on any atom is -0.480 e. The van der Waals surface area contributed by atoms with Crippen molar-refractivity contribution in [1.82, 2.24) is 10.2 Å².